The molecule has 0 saturated heterocycles. The minimum atomic E-state index is -0.199. The van der Waals surface area contributed by atoms with Crippen molar-refractivity contribution in [3.8, 4) is 0 Å². The molecule has 0 radical (unpaired) electrons. The number of hydrogen-bond donors (Lipinski definition) is 0. The molecule has 0 fully saturated rings. The fraction of sp³-hybridized carbons (Fsp3) is 0.182. The van der Waals surface area contributed by atoms with Crippen molar-refractivity contribution in [3.05, 3.63) is 42.1 Å². The molecule has 0 unspecified atom stereocenters. The number of carbonyl (C=O) groups is 1. The first-order chi connectivity index (χ1) is 7.70. The van der Waals surface area contributed by atoms with Gasteiger partial charge in [-0.2, -0.15) is 10.2 Å². The normalized spacial score (nSPS) is 10.1. The molecule has 2 aromatic rings. The fourth-order valence-corrected chi connectivity index (χ4v) is 1.34. The van der Waals surface area contributed by atoms with Crippen molar-refractivity contribution in [1.29, 1.82) is 0 Å². The maximum Gasteiger partial charge on any atom is 0.294 e. The smallest absolute Gasteiger partial charge is 0.294 e. The minimum absolute atomic E-state index is 0.199. The summed E-state index contributed by atoms with van der Waals surface area (Å²) in [6.45, 7) is 1.83. The molecule has 0 aliphatic carbocycles. The summed E-state index contributed by atoms with van der Waals surface area (Å²) in [5.74, 6) is 0.148. The van der Waals surface area contributed by atoms with Crippen molar-refractivity contribution in [2.24, 2.45) is 0 Å². The average molecular weight is 217 g/mol. The van der Waals surface area contributed by atoms with Crippen molar-refractivity contribution in [1.82, 2.24) is 10.2 Å². The number of anilines is 1. The van der Waals surface area contributed by atoms with E-state index >= 15 is 0 Å². The summed E-state index contributed by atoms with van der Waals surface area (Å²) < 4.78 is 5.14. The number of aryl methyl sites for hydroxylation is 1. The van der Waals surface area contributed by atoms with Crippen molar-refractivity contribution in [2.75, 3.05) is 11.9 Å². The van der Waals surface area contributed by atoms with Crippen LogP contribution in [0.4, 0.5) is 5.69 Å². The molecule has 0 N–H and O–H groups in total. The highest BCUT2D eigenvalue weighted by Crippen LogP contribution is 2.16. The van der Waals surface area contributed by atoms with Crippen LogP contribution >= 0.6 is 0 Å². The molecule has 1 amide bonds. The highest BCUT2D eigenvalue weighted by atomic mass is 16.3. The maximum atomic E-state index is 12.0. The monoisotopic (exact) mass is 217 g/mol. The predicted octanol–water partition coefficient (Wildman–Crippen LogP) is 1.65. The second kappa shape index (κ2) is 4.14. The van der Waals surface area contributed by atoms with Crippen molar-refractivity contribution < 1.29 is 9.21 Å². The van der Waals surface area contributed by atoms with Gasteiger partial charge in [-0.3, -0.25) is 4.79 Å². The van der Waals surface area contributed by atoms with Gasteiger partial charge in [0.25, 0.3) is 5.91 Å². The Morgan fingerprint density at radius 3 is 2.75 bits per heavy atom. The van der Waals surface area contributed by atoms with E-state index < -0.39 is 0 Å². The summed E-state index contributed by atoms with van der Waals surface area (Å²) in [5.41, 5.74) is 1.50. The van der Waals surface area contributed by atoms with Crippen molar-refractivity contribution in [2.45, 2.75) is 6.92 Å². The van der Waals surface area contributed by atoms with Crippen LogP contribution in [0.25, 0.3) is 0 Å². The molecule has 16 heavy (non-hydrogen) atoms. The Morgan fingerprint density at radius 1 is 1.38 bits per heavy atom. The second-order valence-electron chi connectivity index (χ2n) is 3.40. The molecule has 0 atom stereocenters. The zero-order chi connectivity index (χ0) is 11.5. The Balaban J connectivity index is 2.27. The van der Waals surface area contributed by atoms with Gasteiger partial charge in [0.1, 0.15) is 0 Å². The molecular formula is C11H11N3O2. The molecule has 0 spiro atoms. The lowest BCUT2D eigenvalue weighted by Crippen LogP contribution is -2.26. The van der Waals surface area contributed by atoms with Gasteiger partial charge in [-0.15, -0.1) is 0 Å². The number of aromatic nitrogens is 2. The van der Waals surface area contributed by atoms with Crippen LogP contribution in [-0.2, 0) is 0 Å². The summed E-state index contributed by atoms with van der Waals surface area (Å²) in [7, 11) is 1.67. The third-order valence-electron chi connectivity index (χ3n) is 2.32. The van der Waals surface area contributed by atoms with Gasteiger partial charge in [0.05, 0.1) is 24.3 Å². The van der Waals surface area contributed by atoms with Crippen LogP contribution < -0.4 is 4.90 Å². The SMILES string of the molecule is Cc1ccoc1C(=O)N(C)c1ccnnc1. The molecule has 0 aromatic carbocycles. The van der Waals surface area contributed by atoms with E-state index in [4.69, 9.17) is 4.42 Å². The van der Waals surface area contributed by atoms with Crippen LogP contribution in [-0.4, -0.2) is 23.2 Å². The van der Waals surface area contributed by atoms with E-state index in [0.717, 1.165) is 5.56 Å². The van der Waals surface area contributed by atoms with E-state index in [0.29, 0.717) is 11.4 Å². The van der Waals surface area contributed by atoms with E-state index in [9.17, 15) is 4.79 Å². The molecule has 0 saturated carbocycles. The first-order valence-corrected chi connectivity index (χ1v) is 4.79. The van der Waals surface area contributed by atoms with Crippen LogP contribution in [0.2, 0.25) is 0 Å². The van der Waals surface area contributed by atoms with Gasteiger partial charge in [-0.25, -0.2) is 0 Å². The number of carbonyl (C=O) groups excluding carboxylic acids is 1. The van der Waals surface area contributed by atoms with Gasteiger partial charge >= 0.3 is 0 Å². The molecule has 0 aliphatic heterocycles. The average Bonchev–Trinajstić information content (AvgIpc) is 2.75. The standard InChI is InChI=1S/C11H11N3O2/c1-8-4-6-16-10(8)11(15)14(2)9-3-5-12-13-7-9/h3-7H,1-2H3. The molecule has 0 bridgehead atoms. The molecule has 5 nitrogen and oxygen atoms in total. The van der Waals surface area contributed by atoms with Crippen LogP contribution in [0.3, 0.4) is 0 Å². The van der Waals surface area contributed by atoms with Crippen LogP contribution in [0.1, 0.15) is 16.1 Å². The van der Waals surface area contributed by atoms with E-state index in [1.165, 1.54) is 23.6 Å². The van der Waals surface area contributed by atoms with Crippen LogP contribution in [0.15, 0.2) is 35.2 Å². The van der Waals surface area contributed by atoms with E-state index in [1.54, 1.807) is 19.2 Å². The molecule has 2 aromatic heterocycles. The Kier molecular flexibility index (Phi) is 2.68. The zero-order valence-corrected chi connectivity index (χ0v) is 9.04. The van der Waals surface area contributed by atoms with E-state index in [-0.39, 0.29) is 5.91 Å². The van der Waals surface area contributed by atoms with Gasteiger partial charge < -0.3 is 9.32 Å². The molecule has 0 aliphatic rings. The maximum absolute atomic E-state index is 12.0. The highest BCUT2D eigenvalue weighted by Gasteiger charge is 2.18. The summed E-state index contributed by atoms with van der Waals surface area (Å²) in [6, 6.07) is 3.47. The van der Waals surface area contributed by atoms with Gasteiger partial charge in [-0.1, -0.05) is 0 Å². The summed E-state index contributed by atoms with van der Waals surface area (Å²) in [4.78, 5) is 13.5. The number of rotatable bonds is 2. The van der Waals surface area contributed by atoms with Crippen molar-refractivity contribution >= 4 is 11.6 Å². The second-order valence-corrected chi connectivity index (χ2v) is 3.40. The fourth-order valence-electron chi connectivity index (χ4n) is 1.34. The molecule has 82 valence electrons. The highest BCUT2D eigenvalue weighted by molar-refractivity contribution is 6.04. The van der Waals surface area contributed by atoms with Gasteiger partial charge in [-0.05, 0) is 19.1 Å². The summed E-state index contributed by atoms with van der Waals surface area (Å²) in [6.07, 6.45) is 4.56. The van der Waals surface area contributed by atoms with Crippen LogP contribution in [0.5, 0.6) is 0 Å². The number of furan rings is 1. The number of hydrogen-bond acceptors (Lipinski definition) is 4. The Hall–Kier alpha value is -2.17. The minimum Gasteiger partial charge on any atom is -0.459 e. The Labute approximate surface area is 92.7 Å². The lowest BCUT2D eigenvalue weighted by atomic mass is 10.2. The van der Waals surface area contributed by atoms with Gasteiger partial charge in [0, 0.05) is 12.6 Å². The number of nitrogens with zero attached hydrogens (tertiary/aromatic N) is 3. The van der Waals surface area contributed by atoms with E-state index in [2.05, 4.69) is 10.2 Å². The molecule has 2 heterocycles. The lowest BCUT2D eigenvalue weighted by Gasteiger charge is -2.15. The quantitative estimate of drug-likeness (QED) is 0.767. The Bertz CT molecular complexity index is 493. The predicted molar refractivity (Wildman–Crippen MR) is 58.2 cm³/mol. The first kappa shape index (κ1) is 10.4. The molecule has 2 rings (SSSR count). The third kappa shape index (κ3) is 1.79. The summed E-state index contributed by atoms with van der Waals surface area (Å²) >= 11 is 0. The topological polar surface area (TPSA) is 59.2 Å². The first-order valence-electron chi connectivity index (χ1n) is 4.79. The zero-order valence-electron chi connectivity index (χ0n) is 9.04. The van der Waals surface area contributed by atoms with Crippen LogP contribution in [0, 0.1) is 6.92 Å². The molecule has 5 heteroatoms. The number of amides is 1. The largest absolute Gasteiger partial charge is 0.459 e. The van der Waals surface area contributed by atoms with Crippen molar-refractivity contribution in [3.63, 3.8) is 0 Å². The third-order valence-corrected chi connectivity index (χ3v) is 2.32. The van der Waals surface area contributed by atoms with Gasteiger partial charge in [0.2, 0.25) is 0 Å². The lowest BCUT2D eigenvalue weighted by molar-refractivity contribution is 0.0965. The van der Waals surface area contributed by atoms with E-state index in [1.807, 2.05) is 6.92 Å². The molecular weight excluding hydrogens is 206 g/mol. The van der Waals surface area contributed by atoms with Gasteiger partial charge in [0.15, 0.2) is 5.76 Å². The Morgan fingerprint density at radius 2 is 2.19 bits per heavy atom. The summed E-state index contributed by atoms with van der Waals surface area (Å²) in [5, 5.41) is 7.37.